The summed E-state index contributed by atoms with van der Waals surface area (Å²) in [5.41, 5.74) is 0.576. The summed E-state index contributed by atoms with van der Waals surface area (Å²) in [5, 5.41) is 12.5. The highest BCUT2D eigenvalue weighted by Crippen LogP contribution is 2.07. The summed E-state index contributed by atoms with van der Waals surface area (Å²) in [6, 6.07) is 1.71. The Kier molecular flexibility index (Phi) is 5.54. The SMILES string of the molecule is Cc1cc(CC(=O)N(CCC(=O)O)CC(C)C)no1. The lowest BCUT2D eigenvalue weighted by molar-refractivity contribution is -0.138. The first kappa shape index (κ1) is 15.2. The first-order chi connectivity index (χ1) is 8.88. The topological polar surface area (TPSA) is 83.6 Å². The molecule has 1 rings (SSSR count). The molecule has 1 heterocycles. The van der Waals surface area contributed by atoms with Crippen molar-refractivity contribution < 1.29 is 19.2 Å². The molecule has 0 radical (unpaired) electrons. The Morgan fingerprint density at radius 3 is 2.63 bits per heavy atom. The molecule has 0 saturated carbocycles. The van der Waals surface area contributed by atoms with Crippen molar-refractivity contribution in [1.29, 1.82) is 0 Å². The third-order valence-electron chi connectivity index (χ3n) is 2.54. The van der Waals surface area contributed by atoms with E-state index >= 15 is 0 Å². The molecule has 0 aromatic carbocycles. The Labute approximate surface area is 112 Å². The van der Waals surface area contributed by atoms with Crippen molar-refractivity contribution in [3.05, 3.63) is 17.5 Å². The van der Waals surface area contributed by atoms with Crippen LogP contribution < -0.4 is 0 Å². The number of carboxylic acids is 1. The highest BCUT2D eigenvalue weighted by molar-refractivity contribution is 5.79. The van der Waals surface area contributed by atoms with Gasteiger partial charge in [0.2, 0.25) is 5.91 Å². The van der Waals surface area contributed by atoms with Crippen molar-refractivity contribution in [3.63, 3.8) is 0 Å². The summed E-state index contributed by atoms with van der Waals surface area (Å²) in [4.78, 5) is 24.3. The van der Waals surface area contributed by atoms with Gasteiger partial charge in [-0.15, -0.1) is 0 Å². The highest BCUT2D eigenvalue weighted by Gasteiger charge is 2.17. The van der Waals surface area contributed by atoms with Crippen LogP contribution in [0, 0.1) is 12.8 Å². The minimum absolute atomic E-state index is 0.0453. The Balaban J connectivity index is 2.62. The van der Waals surface area contributed by atoms with Gasteiger partial charge in [0, 0.05) is 19.2 Å². The standard InChI is InChI=1S/C13H20N2O4/c1-9(2)8-15(5-4-13(17)18)12(16)7-11-6-10(3)19-14-11/h6,9H,4-5,7-8H2,1-3H3,(H,17,18). The van der Waals surface area contributed by atoms with Crippen molar-refractivity contribution in [1.82, 2.24) is 10.1 Å². The molecule has 1 N–H and O–H groups in total. The zero-order valence-corrected chi connectivity index (χ0v) is 11.5. The lowest BCUT2D eigenvalue weighted by atomic mass is 10.1. The minimum atomic E-state index is -0.904. The molecule has 6 nitrogen and oxygen atoms in total. The number of aliphatic carboxylic acids is 1. The van der Waals surface area contributed by atoms with Crippen LogP contribution in [0.15, 0.2) is 10.6 Å². The van der Waals surface area contributed by atoms with E-state index in [9.17, 15) is 9.59 Å². The lowest BCUT2D eigenvalue weighted by Crippen LogP contribution is -2.37. The normalized spacial score (nSPS) is 10.7. The number of aromatic nitrogens is 1. The number of amides is 1. The van der Waals surface area contributed by atoms with Crippen LogP contribution in [0.4, 0.5) is 0 Å². The molecule has 0 aliphatic carbocycles. The fourth-order valence-corrected chi connectivity index (χ4v) is 1.76. The van der Waals surface area contributed by atoms with Gasteiger partial charge in [0.15, 0.2) is 0 Å². The second kappa shape index (κ2) is 6.92. The summed E-state index contributed by atoms with van der Waals surface area (Å²) in [6.45, 7) is 6.51. The van der Waals surface area contributed by atoms with Crippen LogP contribution in [-0.4, -0.2) is 40.1 Å². The van der Waals surface area contributed by atoms with E-state index in [1.54, 1.807) is 17.9 Å². The Bertz CT molecular complexity index is 440. The molecular formula is C13H20N2O4. The van der Waals surface area contributed by atoms with Gasteiger partial charge in [0.05, 0.1) is 18.5 Å². The molecule has 0 aliphatic rings. The van der Waals surface area contributed by atoms with Gasteiger partial charge in [0.25, 0.3) is 0 Å². The molecule has 0 aliphatic heterocycles. The maximum absolute atomic E-state index is 12.1. The first-order valence-electron chi connectivity index (χ1n) is 6.30. The quantitative estimate of drug-likeness (QED) is 0.809. The number of hydrogen-bond donors (Lipinski definition) is 1. The fourth-order valence-electron chi connectivity index (χ4n) is 1.76. The van der Waals surface area contributed by atoms with Crippen LogP contribution >= 0.6 is 0 Å². The predicted octanol–water partition coefficient (Wildman–Crippen LogP) is 1.48. The number of aryl methyl sites for hydroxylation is 1. The van der Waals surface area contributed by atoms with E-state index < -0.39 is 5.97 Å². The van der Waals surface area contributed by atoms with Gasteiger partial charge in [0.1, 0.15) is 5.76 Å². The zero-order chi connectivity index (χ0) is 14.4. The number of carboxylic acid groups (broad SMARTS) is 1. The molecule has 106 valence electrons. The monoisotopic (exact) mass is 268 g/mol. The molecule has 0 bridgehead atoms. The second-order valence-electron chi connectivity index (χ2n) is 4.98. The molecule has 0 atom stereocenters. The number of rotatable bonds is 7. The van der Waals surface area contributed by atoms with Gasteiger partial charge in [-0.2, -0.15) is 0 Å². The third kappa shape index (κ3) is 5.54. The molecule has 0 fully saturated rings. The third-order valence-corrected chi connectivity index (χ3v) is 2.54. The Hall–Kier alpha value is -1.85. The van der Waals surface area contributed by atoms with Gasteiger partial charge in [-0.25, -0.2) is 0 Å². The van der Waals surface area contributed by atoms with Gasteiger partial charge < -0.3 is 14.5 Å². The van der Waals surface area contributed by atoms with Crippen molar-refractivity contribution in [2.75, 3.05) is 13.1 Å². The molecule has 1 amide bonds. The van der Waals surface area contributed by atoms with Gasteiger partial charge in [-0.1, -0.05) is 19.0 Å². The average molecular weight is 268 g/mol. The number of carbonyl (C=O) groups is 2. The number of nitrogens with zero attached hydrogens (tertiary/aromatic N) is 2. The van der Waals surface area contributed by atoms with Gasteiger partial charge in [-0.05, 0) is 12.8 Å². The van der Waals surface area contributed by atoms with E-state index in [-0.39, 0.29) is 31.2 Å². The smallest absolute Gasteiger partial charge is 0.305 e. The maximum atomic E-state index is 12.1. The summed E-state index contributed by atoms with van der Waals surface area (Å²) in [6.07, 6.45) is 0.0972. The van der Waals surface area contributed by atoms with Crippen LogP contribution in [0.1, 0.15) is 31.7 Å². The van der Waals surface area contributed by atoms with E-state index in [4.69, 9.17) is 9.63 Å². The van der Waals surface area contributed by atoms with Crippen LogP contribution in [0.2, 0.25) is 0 Å². The predicted molar refractivity (Wildman–Crippen MR) is 68.6 cm³/mol. The molecule has 1 aromatic heterocycles. The molecular weight excluding hydrogens is 248 g/mol. The molecule has 0 saturated heterocycles. The minimum Gasteiger partial charge on any atom is -0.481 e. The number of carbonyl (C=O) groups excluding carboxylic acids is 1. The van der Waals surface area contributed by atoms with Crippen LogP contribution in [0.5, 0.6) is 0 Å². The molecule has 0 spiro atoms. The van der Waals surface area contributed by atoms with Gasteiger partial charge in [-0.3, -0.25) is 9.59 Å². The van der Waals surface area contributed by atoms with Crippen LogP contribution in [0.3, 0.4) is 0 Å². The second-order valence-corrected chi connectivity index (χ2v) is 4.98. The van der Waals surface area contributed by atoms with E-state index in [0.29, 0.717) is 18.0 Å². The summed E-state index contributed by atoms with van der Waals surface area (Å²) in [5.74, 6) is -0.0809. The number of hydrogen-bond acceptors (Lipinski definition) is 4. The van der Waals surface area contributed by atoms with E-state index in [0.717, 1.165) is 0 Å². The highest BCUT2D eigenvalue weighted by atomic mass is 16.5. The summed E-state index contributed by atoms with van der Waals surface area (Å²) >= 11 is 0. The largest absolute Gasteiger partial charge is 0.481 e. The first-order valence-corrected chi connectivity index (χ1v) is 6.30. The Morgan fingerprint density at radius 1 is 1.47 bits per heavy atom. The maximum Gasteiger partial charge on any atom is 0.305 e. The van der Waals surface area contributed by atoms with Crippen molar-refractivity contribution in [2.45, 2.75) is 33.6 Å². The van der Waals surface area contributed by atoms with E-state index in [1.165, 1.54) is 0 Å². The summed E-state index contributed by atoms with van der Waals surface area (Å²) < 4.78 is 4.91. The van der Waals surface area contributed by atoms with E-state index in [1.807, 2.05) is 13.8 Å². The zero-order valence-electron chi connectivity index (χ0n) is 11.5. The Morgan fingerprint density at radius 2 is 2.16 bits per heavy atom. The van der Waals surface area contributed by atoms with Crippen molar-refractivity contribution >= 4 is 11.9 Å². The van der Waals surface area contributed by atoms with E-state index in [2.05, 4.69) is 5.16 Å². The molecule has 0 unspecified atom stereocenters. The summed E-state index contributed by atoms with van der Waals surface area (Å²) in [7, 11) is 0. The van der Waals surface area contributed by atoms with Crippen LogP contribution in [0.25, 0.3) is 0 Å². The van der Waals surface area contributed by atoms with Crippen LogP contribution in [-0.2, 0) is 16.0 Å². The van der Waals surface area contributed by atoms with Gasteiger partial charge >= 0.3 is 5.97 Å². The molecule has 19 heavy (non-hydrogen) atoms. The van der Waals surface area contributed by atoms with Crippen molar-refractivity contribution in [2.24, 2.45) is 5.92 Å². The fraction of sp³-hybridized carbons (Fsp3) is 0.615. The molecule has 1 aromatic rings. The average Bonchev–Trinajstić information content (AvgIpc) is 2.69. The van der Waals surface area contributed by atoms with Crippen molar-refractivity contribution in [3.8, 4) is 0 Å². The lowest BCUT2D eigenvalue weighted by Gasteiger charge is -2.23. The molecule has 6 heteroatoms.